The summed E-state index contributed by atoms with van der Waals surface area (Å²) in [6.45, 7) is 5.91. The molecule has 25 heavy (non-hydrogen) atoms. The fourth-order valence-corrected chi connectivity index (χ4v) is 4.01. The number of nitrogens with two attached hydrogens (primary N) is 1. The highest BCUT2D eigenvalue weighted by atomic mass is 16.5. The summed E-state index contributed by atoms with van der Waals surface area (Å²) in [6, 6.07) is 20.2. The van der Waals surface area contributed by atoms with Crippen LogP contribution in [0.3, 0.4) is 0 Å². The Morgan fingerprint density at radius 3 is 2.24 bits per heavy atom. The molecule has 1 saturated heterocycles. The average molecular weight is 338 g/mol. The van der Waals surface area contributed by atoms with Gasteiger partial charge in [0.15, 0.2) is 0 Å². The van der Waals surface area contributed by atoms with Gasteiger partial charge in [-0.2, -0.15) is 0 Å². The zero-order chi connectivity index (χ0) is 17.6. The van der Waals surface area contributed by atoms with E-state index in [-0.39, 0.29) is 6.04 Å². The van der Waals surface area contributed by atoms with Gasteiger partial charge in [-0.15, -0.1) is 0 Å². The van der Waals surface area contributed by atoms with Crippen molar-refractivity contribution in [2.45, 2.75) is 57.8 Å². The van der Waals surface area contributed by atoms with Crippen LogP contribution in [0.15, 0.2) is 54.6 Å². The molecule has 134 valence electrons. The zero-order valence-corrected chi connectivity index (χ0v) is 15.4. The van der Waals surface area contributed by atoms with Crippen molar-refractivity contribution in [1.29, 1.82) is 0 Å². The number of hydrogen-bond acceptors (Lipinski definition) is 3. The Kier molecular flexibility index (Phi) is 6.11. The molecular weight excluding hydrogens is 308 g/mol. The van der Waals surface area contributed by atoms with Gasteiger partial charge in [-0.05, 0) is 49.9 Å². The van der Waals surface area contributed by atoms with E-state index < -0.39 is 0 Å². The molecule has 0 spiro atoms. The van der Waals surface area contributed by atoms with Gasteiger partial charge >= 0.3 is 0 Å². The second-order valence-corrected chi connectivity index (χ2v) is 7.17. The molecule has 3 atom stereocenters. The van der Waals surface area contributed by atoms with Gasteiger partial charge in [0.2, 0.25) is 0 Å². The number of piperidine rings is 1. The van der Waals surface area contributed by atoms with Crippen LogP contribution >= 0.6 is 0 Å². The molecule has 3 rings (SSSR count). The SMILES string of the molecule is C[C@@H]1CCC[C@H](C)N1C(CN)c1ccc(OCc2ccccc2)cc1. The monoisotopic (exact) mass is 338 g/mol. The molecule has 1 fully saturated rings. The van der Waals surface area contributed by atoms with Crippen LogP contribution in [0.1, 0.15) is 50.3 Å². The van der Waals surface area contributed by atoms with Crippen LogP contribution in [-0.4, -0.2) is 23.5 Å². The second kappa shape index (κ2) is 8.50. The molecule has 1 aliphatic rings. The van der Waals surface area contributed by atoms with Crippen LogP contribution in [0.5, 0.6) is 5.75 Å². The molecule has 0 amide bonds. The lowest BCUT2D eigenvalue weighted by Gasteiger charge is -2.44. The maximum absolute atomic E-state index is 6.16. The number of benzene rings is 2. The molecule has 0 saturated carbocycles. The summed E-state index contributed by atoms with van der Waals surface area (Å²) in [5.41, 5.74) is 8.63. The van der Waals surface area contributed by atoms with Gasteiger partial charge in [-0.25, -0.2) is 0 Å². The first-order valence-electron chi connectivity index (χ1n) is 9.43. The topological polar surface area (TPSA) is 38.5 Å². The molecular formula is C22H30N2O. The Hall–Kier alpha value is -1.84. The average Bonchev–Trinajstić information content (AvgIpc) is 2.65. The van der Waals surface area contributed by atoms with Crippen LogP contribution in [0, 0.1) is 0 Å². The second-order valence-electron chi connectivity index (χ2n) is 7.17. The van der Waals surface area contributed by atoms with Crippen molar-refractivity contribution in [3.05, 3.63) is 65.7 Å². The number of hydrogen-bond donors (Lipinski definition) is 1. The maximum Gasteiger partial charge on any atom is 0.119 e. The summed E-state index contributed by atoms with van der Waals surface area (Å²) >= 11 is 0. The summed E-state index contributed by atoms with van der Waals surface area (Å²) in [6.07, 6.45) is 3.85. The lowest BCUT2D eigenvalue weighted by atomic mass is 9.92. The molecule has 1 aliphatic heterocycles. The molecule has 2 N–H and O–H groups in total. The van der Waals surface area contributed by atoms with E-state index in [2.05, 4.69) is 55.1 Å². The van der Waals surface area contributed by atoms with Crippen molar-refractivity contribution in [1.82, 2.24) is 4.90 Å². The predicted molar refractivity (Wildman–Crippen MR) is 104 cm³/mol. The molecule has 0 aromatic heterocycles. The van der Waals surface area contributed by atoms with E-state index in [1.54, 1.807) is 0 Å². The van der Waals surface area contributed by atoms with E-state index in [0.717, 1.165) is 5.75 Å². The van der Waals surface area contributed by atoms with Crippen molar-refractivity contribution in [2.75, 3.05) is 6.54 Å². The summed E-state index contributed by atoms with van der Waals surface area (Å²) in [5.74, 6) is 0.906. The van der Waals surface area contributed by atoms with Crippen LogP contribution < -0.4 is 10.5 Å². The molecule has 1 heterocycles. The summed E-state index contributed by atoms with van der Waals surface area (Å²) < 4.78 is 5.90. The molecule has 3 heteroatoms. The van der Waals surface area contributed by atoms with Crippen molar-refractivity contribution in [3.8, 4) is 5.75 Å². The van der Waals surface area contributed by atoms with Crippen LogP contribution in [0.25, 0.3) is 0 Å². The van der Waals surface area contributed by atoms with Crippen LogP contribution in [-0.2, 0) is 6.61 Å². The maximum atomic E-state index is 6.16. The number of likely N-dealkylation sites (tertiary alicyclic amines) is 1. The Bertz CT molecular complexity index is 631. The van der Waals surface area contributed by atoms with Gasteiger partial charge in [0.1, 0.15) is 12.4 Å². The fourth-order valence-electron chi connectivity index (χ4n) is 4.01. The van der Waals surface area contributed by atoms with Crippen molar-refractivity contribution in [3.63, 3.8) is 0 Å². The highest BCUT2D eigenvalue weighted by Crippen LogP contribution is 2.32. The quantitative estimate of drug-likeness (QED) is 0.841. The van der Waals surface area contributed by atoms with E-state index in [1.807, 2.05) is 18.2 Å². The van der Waals surface area contributed by atoms with Gasteiger partial charge in [0.25, 0.3) is 0 Å². The highest BCUT2D eigenvalue weighted by molar-refractivity contribution is 5.30. The minimum Gasteiger partial charge on any atom is -0.489 e. The standard InChI is InChI=1S/C22H30N2O/c1-17-7-6-8-18(2)24(17)22(15-23)20-11-13-21(14-12-20)25-16-19-9-4-3-5-10-19/h3-5,9-14,17-18,22H,6-8,15-16,23H2,1-2H3/t17-,18+,22?. The Morgan fingerprint density at radius 2 is 1.64 bits per heavy atom. The highest BCUT2D eigenvalue weighted by Gasteiger charge is 2.31. The number of ether oxygens (including phenoxy) is 1. The molecule has 1 unspecified atom stereocenters. The minimum atomic E-state index is 0.286. The number of rotatable bonds is 6. The van der Waals surface area contributed by atoms with Crippen LogP contribution in [0.4, 0.5) is 0 Å². The Morgan fingerprint density at radius 1 is 1.00 bits per heavy atom. The van der Waals surface area contributed by atoms with E-state index in [4.69, 9.17) is 10.5 Å². The first-order valence-corrected chi connectivity index (χ1v) is 9.43. The van der Waals surface area contributed by atoms with Crippen LogP contribution in [0.2, 0.25) is 0 Å². The van der Waals surface area contributed by atoms with E-state index >= 15 is 0 Å². The van der Waals surface area contributed by atoms with Crippen molar-refractivity contribution in [2.24, 2.45) is 5.73 Å². The van der Waals surface area contributed by atoms with E-state index in [1.165, 1.54) is 30.4 Å². The van der Waals surface area contributed by atoms with Gasteiger partial charge < -0.3 is 10.5 Å². The van der Waals surface area contributed by atoms with Gasteiger partial charge in [0, 0.05) is 24.7 Å². The normalized spacial score (nSPS) is 22.5. The molecule has 2 aromatic carbocycles. The third-order valence-electron chi connectivity index (χ3n) is 5.36. The summed E-state index contributed by atoms with van der Waals surface area (Å²) in [7, 11) is 0. The molecule has 0 bridgehead atoms. The Labute approximate surface area is 151 Å². The van der Waals surface area contributed by atoms with Crippen molar-refractivity contribution < 1.29 is 4.74 Å². The third-order valence-corrected chi connectivity index (χ3v) is 5.36. The fraction of sp³-hybridized carbons (Fsp3) is 0.455. The van der Waals surface area contributed by atoms with E-state index in [9.17, 15) is 0 Å². The summed E-state index contributed by atoms with van der Waals surface area (Å²) in [4.78, 5) is 2.60. The molecule has 0 radical (unpaired) electrons. The number of nitrogens with zero attached hydrogens (tertiary/aromatic N) is 1. The lowest BCUT2D eigenvalue weighted by Crippen LogP contribution is -2.48. The molecule has 2 aromatic rings. The van der Waals surface area contributed by atoms with Gasteiger partial charge in [-0.1, -0.05) is 48.9 Å². The lowest BCUT2D eigenvalue weighted by molar-refractivity contribution is 0.0577. The van der Waals surface area contributed by atoms with Gasteiger partial charge in [-0.3, -0.25) is 4.90 Å². The van der Waals surface area contributed by atoms with Gasteiger partial charge in [0.05, 0.1) is 0 Å². The summed E-state index contributed by atoms with van der Waals surface area (Å²) in [5, 5.41) is 0. The Balaban J connectivity index is 1.67. The third kappa shape index (κ3) is 4.42. The zero-order valence-electron chi connectivity index (χ0n) is 15.4. The first-order chi connectivity index (χ1) is 12.2. The van der Waals surface area contributed by atoms with Crippen molar-refractivity contribution >= 4 is 0 Å². The molecule has 3 nitrogen and oxygen atoms in total. The largest absolute Gasteiger partial charge is 0.489 e. The molecule has 0 aliphatic carbocycles. The first kappa shape index (κ1) is 18.0. The predicted octanol–water partition coefficient (Wildman–Crippen LogP) is 4.53. The minimum absolute atomic E-state index is 0.286. The smallest absolute Gasteiger partial charge is 0.119 e. The van der Waals surface area contributed by atoms with E-state index in [0.29, 0.717) is 25.2 Å².